The number of aliphatic hydroxyl groups is 2. The summed E-state index contributed by atoms with van der Waals surface area (Å²) in [6, 6.07) is 8.84. The number of aliphatic hydroxyl groups excluding tert-OH is 2. The van der Waals surface area contributed by atoms with Crippen LogP contribution in [0.1, 0.15) is 32.3 Å². The van der Waals surface area contributed by atoms with Crippen molar-refractivity contribution in [3.63, 3.8) is 0 Å². The van der Waals surface area contributed by atoms with Crippen LogP contribution in [0.4, 0.5) is 4.79 Å². The number of alkyl carbamates (subject to hydrolysis) is 1. The van der Waals surface area contributed by atoms with Crippen LogP contribution < -0.4 is 5.32 Å². The van der Waals surface area contributed by atoms with Crippen molar-refractivity contribution in [3.05, 3.63) is 35.9 Å². The number of hydrogen-bond donors (Lipinski definition) is 3. The number of carbonyl (C=O) groups is 1. The molecule has 3 N–H and O–H groups in total. The van der Waals surface area contributed by atoms with Crippen LogP contribution in [0.5, 0.6) is 0 Å². The number of benzene rings is 1. The number of nitrogens with one attached hydrogen (secondary N) is 1. The van der Waals surface area contributed by atoms with Gasteiger partial charge in [0.05, 0.1) is 18.2 Å². The van der Waals surface area contributed by atoms with Gasteiger partial charge in [0.15, 0.2) is 0 Å². The van der Waals surface area contributed by atoms with E-state index in [0.29, 0.717) is 6.42 Å². The minimum Gasteiger partial charge on any atom is -0.445 e. The highest BCUT2D eigenvalue weighted by atomic mass is 16.5. The zero-order valence-electron chi connectivity index (χ0n) is 12.0. The predicted octanol–water partition coefficient (Wildman–Crippen LogP) is 1.82. The van der Waals surface area contributed by atoms with Crippen LogP contribution in [-0.2, 0) is 11.3 Å². The molecule has 3 unspecified atom stereocenters. The Bertz CT molecular complexity index is 394. The summed E-state index contributed by atoms with van der Waals surface area (Å²) in [5, 5.41) is 21.8. The second-order valence-electron chi connectivity index (χ2n) is 4.83. The van der Waals surface area contributed by atoms with E-state index in [1.807, 2.05) is 37.3 Å². The van der Waals surface area contributed by atoms with E-state index in [1.165, 1.54) is 6.92 Å². The first-order valence-electron chi connectivity index (χ1n) is 6.88. The number of amides is 1. The van der Waals surface area contributed by atoms with Gasteiger partial charge in [0.1, 0.15) is 6.61 Å². The fourth-order valence-electron chi connectivity index (χ4n) is 1.89. The molecule has 0 aliphatic rings. The molecule has 1 aromatic rings. The fraction of sp³-hybridized carbons (Fsp3) is 0.533. The highest BCUT2D eigenvalue weighted by Gasteiger charge is 2.24. The quantitative estimate of drug-likeness (QED) is 0.712. The molecule has 0 heterocycles. The van der Waals surface area contributed by atoms with E-state index in [2.05, 4.69) is 5.32 Å². The van der Waals surface area contributed by atoms with E-state index < -0.39 is 24.3 Å². The van der Waals surface area contributed by atoms with Gasteiger partial charge in [-0.1, -0.05) is 43.7 Å². The van der Waals surface area contributed by atoms with Gasteiger partial charge in [0.2, 0.25) is 0 Å². The van der Waals surface area contributed by atoms with Crippen molar-refractivity contribution in [2.75, 3.05) is 0 Å². The number of hydrogen-bond acceptors (Lipinski definition) is 4. The predicted molar refractivity (Wildman–Crippen MR) is 76.1 cm³/mol. The van der Waals surface area contributed by atoms with Crippen molar-refractivity contribution in [1.82, 2.24) is 5.32 Å². The molecule has 1 rings (SSSR count). The molecule has 0 saturated heterocycles. The van der Waals surface area contributed by atoms with Crippen molar-refractivity contribution in [1.29, 1.82) is 0 Å². The Morgan fingerprint density at radius 2 is 1.95 bits per heavy atom. The van der Waals surface area contributed by atoms with Crippen LogP contribution in [0.15, 0.2) is 30.3 Å². The normalized spacial score (nSPS) is 15.2. The highest BCUT2D eigenvalue weighted by molar-refractivity contribution is 5.67. The minimum absolute atomic E-state index is 0.177. The molecule has 0 fully saturated rings. The monoisotopic (exact) mass is 281 g/mol. The third kappa shape index (κ3) is 5.59. The molecule has 20 heavy (non-hydrogen) atoms. The molecule has 3 atom stereocenters. The van der Waals surface area contributed by atoms with Gasteiger partial charge in [-0.05, 0) is 18.9 Å². The Morgan fingerprint density at radius 3 is 2.50 bits per heavy atom. The molecule has 0 bridgehead atoms. The molecular weight excluding hydrogens is 258 g/mol. The Morgan fingerprint density at radius 1 is 1.30 bits per heavy atom. The maximum atomic E-state index is 11.7. The average molecular weight is 281 g/mol. The summed E-state index contributed by atoms with van der Waals surface area (Å²) in [5.74, 6) is 0. The first kappa shape index (κ1) is 16.5. The summed E-state index contributed by atoms with van der Waals surface area (Å²) in [5.41, 5.74) is 0.894. The third-order valence-electron chi connectivity index (χ3n) is 3.02. The van der Waals surface area contributed by atoms with Gasteiger partial charge >= 0.3 is 6.09 Å². The molecule has 112 valence electrons. The van der Waals surface area contributed by atoms with E-state index in [9.17, 15) is 15.0 Å². The van der Waals surface area contributed by atoms with Gasteiger partial charge in [-0.25, -0.2) is 4.79 Å². The largest absolute Gasteiger partial charge is 0.445 e. The van der Waals surface area contributed by atoms with Crippen molar-refractivity contribution in [3.8, 4) is 0 Å². The zero-order valence-corrected chi connectivity index (χ0v) is 12.0. The van der Waals surface area contributed by atoms with E-state index in [4.69, 9.17) is 4.74 Å². The molecule has 0 aromatic heterocycles. The molecule has 0 radical (unpaired) electrons. The molecule has 1 aromatic carbocycles. The van der Waals surface area contributed by atoms with Crippen molar-refractivity contribution >= 4 is 6.09 Å². The molecule has 5 heteroatoms. The number of carbonyl (C=O) groups excluding carboxylic acids is 1. The summed E-state index contributed by atoms with van der Waals surface area (Å²) >= 11 is 0. The van der Waals surface area contributed by atoms with Crippen LogP contribution in [-0.4, -0.2) is 34.6 Å². The lowest BCUT2D eigenvalue weighted by Gasteiger charge is -2.25. The van der Waals surface area contributed by atoms with Gasteiger partial charge in [0, 0.05) is 0 Å². The number of ether oxygens (including phenoxy) is 1. The molecule has 0 aliphatic carbocycles. The number of rotatable bonds is 7. The van der Waals surface area contributed by atoms with Gasteiger partial charge in [-0.15, -0.1) is 0 Å². The smallest absolute Gasteiger partial charge is 0.407 e. The van der Waals surface area contributed by atoms with Crippen LogP contribution in [0.3, 0.4) is 0 Å². The Kier molecular flexibility index (Phi) is 7.04. The highest BCUT2D eigenvalue weighted by Crippen LogP contribution is 2.08. The first-order chi connectivity index (χ1) is 9.54. The van der Waals surface area contributed by atoms with Crippen LogP contribution in [0, 0.1) is 0 Å². The van der Waals surface area contributed by atoms with Gasteiger partial charge in [0.25, 0.3) is 0 Å². The van der Waals surface area contributed by atoms with Crippen LogP contribution >= 0.6 is 0 Å². The SMILES string of the molecule is CCCC(NC(=O)OCc1ccccc1)C(O)C(C)O. The van der Waals surface area contributed by atoms with Crippen molar-refractivity contribution in [2.24, 2.45) is 0 Å². The molecule has 0 saturated carbocycles. The molecular formula is C15H23NO4. The fourth-order valence-corrected chi connectivity index (χ4v) is 1.89. The standard InChI is InChI=1S/C15H23NO4/c1-3-7-13(14(18)11(2)17)16-15(19)20-10-12-8-5-4-6-9-12/h4-6,8-9,11,13-14,17-18H,3,7,10H2,1-2H3,(H,16,19). The lowest BCUT2D eigenvalue weighted by Crippen LogP contribution is -2.47. The first-order valence-corrected chi connectivity index (χ1v) is 6.88. The molecule has 0 aliphatic heterocycles. The van der Waals surface area contributed by atoms with Gasteiger partial charge < -0.3 is 20.3 Å². The summed E-state index contributed by atoms with van der Waals surface area (Å²) in [7, 11) is 0. The van der Waals surface area contributed by atoms with Crippen molar-refractivity contribution in [2.45, 2.75) is 51.5 Å². The zero-order chi connectivity index (χ0) is 15.0. The summed E-state index contributed by atoms with van der Waals surface area (Å²) in [4.78, 5) is 11.7. The Balaban J connectivity index is 2.45. The minimum atomic E-state index is -1.00. The third-order valence-corrected chi connectivity index (χ3v) is 3.02. The van der Waals surface area contributed by atoms with E-state index >= 15 is 0 Å². The second kappa shape index (κ2) is 8.55. The molecule has 5 nitrogen and oxygen atoms in total. The van der Waals surface area contributed by atoms with E-state index in [-0.39, 0.29) is 6.61 Å². The summed E-state index contributed by atoms with van der Waals surface area (Å²) < 4.78 is 5.09. The average Bonchev–Trinajstić information content (AvgIpc) is 2.45. The second-order valence-corrected chi connectivity index (χ2v) is 4.83. The maximum Gasteiger partial charge on any atom is 0.407 e. The van der Waals surface area contributed by atoms with Crippen molar-refractivity contribution < 1.29 is 19.7 Å². The lowest BCUT2D eigenvalue weighted by atomic mass is 10.0. The molecule has 0 spiro atoms. The molecule has 1 amide bonds. The Labute approximate surface area is 119 Å². The van der Waals surface area contributed by atoms with E-state index in [0.717, 1.165) is 12.0 Å². The van der Waals surface area contributed by atoms with E-state index in [1.54, 1.807) is 0 Å². The summed E-state index contributed by atoms with van der Waals surface area (Å²) in [6.45, 7) is 3.61. The van der Waals surface area contributed by atoms with Gasteiger partial charge in [-0.2, -0.15) is 0 Å². The van der Waals surface area contributed by atoms with Crippen LogP contribution in [0.25, 0.3) is 0 Å². The maximum absolute atomic E-state index is 11.7. The summed E-state index contributed by atoms with van der Waals surface area (Å²) in [6.07, 6.45) is -1.13. The van der Waals surface area contributed by atoms with Gasteiger partial charge in [-0.3, -0.25) is 0 Å². The lowest BCUT2D eigenvalue weighted by molar-refractivity contribution is 0.00376. The Hall–Kier alpha value is -1.59. The topological polar surface area (TPSA) is 78.8 Å². The van der Waals surface area contributed by atoms with Crippen LogP contribution in [0.2, 0.25) is 0 Å².